The van der Waals surface area contributed by atoms with Crippen LogP contribution in [-0.2, 0) is 0 Å². The van der Waals surface area contributed by atoms with Crippen molar-refractivity contribution in [1.82, 2.24) is 0 Å². The molecule has 2 rings (SSSR count). The van der Waals surface area contributed by atoms with Gasteiger partial charge in [0.25, 0.3) is 0 Å². The fourth-order valence-electron chi connectivity index (χ4n) is 5.99. The predicted molar refractivity (Wildman–Crippen MR) is 128 cm³/mol. The zero-order chi connectivity index (χ0) is 20.9. The van der Waals surface area contributed by atoms with Gasteiger partial charge in [-0.15, -0.1) is 0 Å². The SMILES string of the molecule is CC1=CCC2C(C)(C)CCC[C@]2(C)C1CC/C(C)=C\CCC(C)=NCC(N)=S. The van der Waals surface area contributed by atoms with Crippen molar-refractivity contribution >= 4 is 22.9 Å². The number of thiocarbonyl (C=S) groups is 1. The van der Waals surface area contributed by atoms with E-state index >= 15 is 0 Å². The quantitative estimate of drug-likeness (QED) is 0.268. The normalized spacial score (nSPS) is 30.6. The third-order valence-corrected chi connectivity index (χ3v) is 7.76. The van der Waals surface area contributed by atoms with Gasteiger partial charge in [-0.3, -0.25) is 4.99 Å². The maximum atomic E-state index is 5.52. The van der Waals surface area contributed by atoms with Gasteiger partial charge in [-0.25, -0.2) is 0 Å². The smallest absolute Gasteiger partial charge is 0.0945 e. The second-order valence-corrected chi connectivity index (χ2v) is 10.8. The third kappa shape index (κ3) is 5.78. The largest absolute Gasteiger partial charge is 0.392 e. The van der Waals surface area contributed by atoms with Gasteiger partial charge in [0.1, 0.15) is 0 Å². The molecule has 3 atom stereocenters. The van der Waals surface area contributed by atoms with E-state index in [2.05, 4.69) is 58.7 Å². The fraction of sp³-hybridized carbons (Fsp3) is 0.760. The molecule has 0 aliphatic heterocycles. The van der Waals surface area contributed by atoms with Gasteiger partial charge < -0.3 is 5.73 Å². The number of nitrogens with two attached hydrogens (primary N) is 1. The number of fused-ring (bicyclic) bond motifs is 1. The topological polar surface area (TPSA) is 38.4 Å². The van der Waals surface area contributed by atoms with Crippen molar-refractivity contribution in [3.63, 3.8) is 0 Å². The first kappa shape index (κ1) is 23.3. The van der Waals surface area contributed by atoms with Crippen molar-refractivity contribution in [2.45, 2.75) is 92.9 Å². The molecule has 0 aromatic carbocycles. The Morgan fingerprint density at radius 2 is 1.96 bits per heavy atom. The number of aliphatic imine (C=N–C) groups is 1. The van der Waals surface area contributed by atoms with E-state index in [1.807, 2.05) is 0 Å². The molecule has 1 fully saturated rings. The second kappa shape index (κ2) is 9.69. The van der Waals surface area contributed by atoms with Crippen molar-refractivity contribution in [2.24, 2.45) is 33.4 Å². The summed E-state index contributed by atoms with van der Waals surface area (Å²) in [5.74, 6) is 1.57. The summed E-state index contributed by atoms with van der Waals surface area (Å²) in [5.41, 5.74) is 10.8. The van der Waals surface area contributed by atoms with E-state index in [0.29, 0.717) is 22.4 Å². The zero-order valence-electron chi connectivity index (χ0n) is 19.1. The second-order valence-electron chi connectivity index (χ2n) is 10.3. The Kier molecular flexibility index (Phi) is 8.07. The van der Waals surface area contributed by atoms with E-state index in [9.17, 15) is 0 Å². The Hall–Kier alpha value is -0.960. The lowest BCUT2D eigenvalue weighted by Gasteiger charge is -2.57. The monoisotopic (exact) mass is 402 g/mol. The first-order valence-electron chi connectivity index (χ1n) is 11.2. The highest BCUT2D eigenvalue weighted by atomic mass is 32.1. The number of allylic oxidation sites excluding steroid dienone is 4. The molecular formula is C25H42N2S. The Labute approximate surface area is 179 Å². The van der Waals surface area contributed by atoms with Crippen molar-refractivity contribution < 1.29 is 0 Å². The highest BCUT2D eigenvalue weighted by molar-refractivity contribution is 7.80. The molecule has 1 saturated carbocycles. The molecule has 0 radical (unpaired) electrons. The van der Waals surface area contributed by atoms with E-state index in [-0.39, 0.29) is 0 Å². The third-order valence-electron chi connectivity index (χ3n) is 7.63. The first-order chi connectivity index (χ1) is 13.1. The summed E-state index contributed by atoms with van der Waals surface area (Å²) in [6.45, 7) is 14.8. The molecule has 2 N–H and O–H groups in total. The lowest BCUT2D eigenvalue weighted by molar-refractivity contribution is -0.0390. The summed E-state index contributed by atoms with van der Waals surface area (Å²) in [5, 5.41) is 0. The maximum absolute atomic E-state index is 5.52. The summed E-state index contributed by atoms with van der Waals surface area (Å²) in [7, 11) is 0. The van der Waals surface area contributed by atoms with Crippen LogP contribution in [0, 0.1) is 22.7 Å². The number of hydrogen-bond donors (Lipinski definition) is 1. The van der Waals surface area contributed by atoms with Gasteiger partial charge in [-0.05, 0) is 88.4 Å². The van der Waals surface area contributed by atoms with Gasteiger partial charge in [0.2, 0.25) is 0 Å². The summed E-state index contributed by atoms with van der Waals surface area (Å²) in [6.07, 6.45) is 15.0. The lowest BCUT2D eigenvalue weighted by Crippen LogP contribution is -2.48. The summed E-state index contributed by atoms with van der Waals surface area (Å²) >= 11 is 4.89. The summed E-state index contributed by atoms with van der Waals surface area (Å²) in [4.78, 5) is 4.90. The van der Waals surface area contributed by atoms with Gasteiger partial charge in [0.05, 0.1) is 11.5 Å². The van der Waals surface area contributed by atoms with E-state index in [1.165, 1.54) is 44.1 Å². The fourth-order valence-corrected chi connectivity index (χ4v) is 6.05. The van der Waals surface area contributed by atoms with Gasteiger partial charge >= 0.3 is 0 Å². The van der Waals surface area contributed by atoms with Crippen molar-refractivity contribution in [2.75, 3.05) is 6.54 Å². The number of nitrogens with zero attached hydrogens (tertiary/aromatic N) is 1. The molecule has 2 unspecified atom stereocenters. The maximum Gasteiger partial charge on any atom is 0.0945 e. The van der Waals surface area contributed by atoms with Crippen molar-refractivity contribution in [3.8, 4) is 0 Å². The van der Waals surface area contributed by atoms with Crippen LogP contribution < -0.4 is 5.73 Å². The van der Waals surface area contributed by atoms with Crippen LogP contribution in [0.15, 0.2) is 28.3 Å². The summed E-state index contributed by atoms with van der Waals surface area (Å²) < 4.78 is 0. The Bertz CT molecular complexity index is 655. The molecule has 0 spiro atoms. The first-order valence-corrected chi connectivity index (χ1v) is 11.6. The molecule has 28 heavy (non-hydrogen) atoms. The molecule has 0 aromatic rings. The standard InChI is InChI=1S/C25H42N2S/c1-18(9-7-10-20(3)27-17-23(26)28)11-13-21-19(2)12-14-22-24(4,5)15-8-16-25(21,22)6/h9,12,21-22H,7-8,10-11,13-17H2,1-6H3,(H2,26,28)/b18-9-,27-20?/t21?,22?,25-/m1/s1. The predicted octanol–water partition coefficient (Wildman–Crippen LogP) is 7.04. The molecule has 2 aliphatic carbocycles. The van der Waals surface area contributed by atoms with Crippen LogP contribution in [0.2, 0.25) is 0 Å². The molecule has 3 heteroatoms. The van der Waals surface area contributed by atoms with Crippen LogP contribution in [0.5, 0.6) is 0 Å². The van der Waals surface area contributed by atoms with Gasteiger partial charge in [0, 0.05) is 5.71 Å². The molecular weight excluding hydrogens is 360 g/mol. The average Bonchev–Trinajstić information content (AvgIpc) is 2.58. The van der Waals surface area contributed by atoms with Gasteiger partial charge in [0.15, 0.2) is 0 Å². The zero-order valence-corrected chi connectivity index (χ0v) is 19.9. The minimum Gasteiger partial charge on any atom is -0.392 e. The van der Waals surface area contributed by atoms with Crippen LogP contribution in [-0.4, -0.2) is 17.2 Å². The van der Waals surface area contributed by atoms with Crippen LogP contribution >= 0.6 is 12.2 Å². The highest BCUT2D eigenvalue weighted by Crippen LogP contribution is 2.60. The molecule has 0 heterocycles. The highest BCUT2D eigenvalue weighted by Gasteiger charge is 2.51. The Morgan fingerprint density at radius 3 is 2.64 bits per heavy atom. The number of hydrogen-bond acceptors (Lipinski definition) is 2. The molecule has 158 valence electrons. The molecule has 2 aliphatic rings. The van der Waals surface area contributed by atoms with Crippen LogP contribution in [0.3, 0.4) is 0 Å². The van der Waals surface area contributed by atoms with Crippen molar-refractivity contribution in [1.29, 1.82) is 0 Å². The van der Waals surface area contributed by atoms with E-state index < -0.39 is 0 Å². The lowest BCUT2D eigenvalue weighted by atomic mass is 9.48. The van der Waals surface area contributed by atoms with Gasteiger partial charge in [-0.1, -0.05) is 62.7 Å². The van der Waals surface area contributed by atoms with E-state index in [1.54, 1.807) is 5.57 Å². The van der Waals surface area contributed by atoms with Crippen molar-refractivity contribution in [3.05, 3.63) is 23.3 Å². The minimum atomic E-state index is 0.472. The van der Waals surface area contributed by atoms with E-state index in [4.69, 9.17) is 18.0 Å². The van der Waals surface area contributed by atoms with Crippen LogP contribution in [0.1, 0.15) is 92.9 Å². The molecule has 0 amide bonds. The number of rotatable bonds is 8. The molecule has 0 bridgehead atoms. The van der Waals surface area contributed by atoms with Crippen LogP contribution in [0.4, 0.5) is 0 Å². The Balaban J connectivity index is 1.95. The minimum absolute atomic E-state index is 0.472. The van der Waals surface area contributed by atoms with Crippen LogP contribution in [0.25, 0.3) is 0 Å². The average molecular weight is 403 g/mol. The van der Waals surface area contributed by atoms with Gasteiger partial charge in [-0.2, -0.15) is 0 Å². The molecule has 0 saturated heterocycles. The molecule has 2 nitrogen and oxygen atoms in total. The Morgan fingerprint density at radius 1 is 1.25 bits per heavy atom. The molecule has 0 aromatic heterocycles. The summed E-state index contributed by atoms with van der Waals surface area (Å²) in [6, 6.07) is 0. The van der Waals surface area contributed by atoms with E-state index in [0.717, 1.165) is 30.4 Å².